The number of unbranched alkanes of at least 4 members (excludes halogenated alkanes) is 2. The predicted molar refractivity (Wildman–Crippen MR) is 333 cm³/mol. The lowest BCUT2D eigenvalue weighted by Gasteiger charge is -2.28. The average molecular weight is 1190 g/mol. The number of primary amides is 1. The van der Waals surface area contributed by atoms with Crippen LogP contribution in [0, 0.1) is 0 Å². The number of pyridine rings is 1. The van der Waals surface area contributed by atoms with Crippen molar-refractivity contribution in [1.29, 1.82) is 0 Å². The van der Waals surface area contributed by atoms with Gasteiger partial charge in [0, 0.05) is 60.3 Å². The third kappa shape index (κ3) is 17.9. The van der Waals surface area contributed by atoms with Crippen LogP contribution in [0.5, 0.6) is 0 Å². The second-order valence-electron chi connectivity index (χ2n) is 21.3. The topological polar surface area (TPSA) is 328 Å². The van der Waals surface area contributed by atoms with Gasteiger partial charge in [-0.05, 0) is 94.6 Å². The highest BCUT2D eigenvalue weighted by atomic mass is 33.1. The maximum Gasteiger partial charge on any atom is 0.244 e. The van der Waals surface area contributed by atoms with E-state index in [4.69, 9.17) is 17.2 Å². The first kappa shape index (κ1) is 62.7. The molecule has 1 fully saturated rings. The van der Waals surface area contributed by atoms with Gasteiger partial charge in [0.15, 0.2) is 0 Å². The van der Waals surface area contributed by atoms with Crippen LogP contribution in [-0.4, -0.2) is 124 Å². The molecule has 0 bridgehead atoms. The van der Waals surface area contributed by atoms with Gasteiger partial charge in [0.05, 0.1) is 6.04 Å². The van der Waals surface area contributed by atoms with E-state index in [0.29, 0.717) is 43.4 Å². The van der Waals surface area contributed by atoms with Crippen LogP contribution in [0.25, 0.3) is 32.4 Å². The number of aromatic nitrogens is 2. The molecule has 22 heteroatoms. The minimum absolute atomic E-state index is 0.0306. The molecule has 14 N–H and O–H groups in total. The van der Waals surface area contributed by atoms with E-state index in [0.717, 1.165) is 65.2 Å². The highest BCUT2D eigenvalue weighted by Crippen LogP contribution is 2.25. The van der Waals surface area contributed by atoms with Crippen LogP contribution >= 0.6 is 21.6 Å². The molecule has 2 aromatic heterocycles. The number of para-hydroxylation sites is 1. The minimum atomic E-state index is -1.36. The third-order valence-corrected chi connectivity index (χ3v) is 17.3. The molecule has 8 rings (SSSR count). The number of hydrogen-bond acceptors (Lipinski definition) is 13. The fourth-order valence-electron chi connectivity index (χ4n) is 10.2. The van der Waals surface area contributed by atoms with E-state index in [1.807, 2.05) is 116 Å². The number of amides is 8. The number of nitrogens with one attached hydrogen (secondary N) is 8. The van der Waals surface area contributed by atoms with Crippen molar-refractivity contribution in [2.75, 3.05) is 18.1 Å². The molecule has 0 spiro atoms. The van der Waals surface area contributed by atoms with Crippen LogP contribution in [0.2, 0.25) is 0 Å². The molecule has 1 aliphatic rings. The number of benzene rings is 5. The first-order chi connectivity index (χ1) is 41.2. The second kappa shape index (κ2) is 31.0. The molecule has 0 unspecified atom stereocenters. The number of nitrogens with two attached hydrogens (primary N) is 3. The molecule has 7 aromatic rings. The van der Waals surface area contributed by atoms with Crippen LogP contribution in [0.3, 0.4) is 0 Å². The largest absolute Gasteiger partial charge is 0.368 e. The number of H-pyrrole nitrogens is 1. The Bertz CT molecular complexity index is 3480. The molecule has 446 valence electrons. The number of aromatic amines is 1. The molecule has 85 heavy (non-hydrogen) atoms. The summed E-state index contributed by atoms with van der Waals surface area (Å²) < 4.78 is 0. The van der Waals surface area contributed by atoms with E-state index in [1.165, 1.54) is 0 Å². The molecule has 0 saturated carbocycles. The summed E-state index contributed by atoms with van der Waals surface area (Å²) in [4.78, 5) is 123. The normalized spacial score (nSPS) is 20.2. The average Bonchev–Trinajstić information content (AvgIpc) is 3.94. The molecule has 8 atom stereocenters. The highest BCUT2D eigenvalue weighted by molar-refractivity contribution is 8.76. The van der Waals surface area contributed by atoms with Crippen molar-refractivity contribution in [2.24, 2.45) is 17.2 Å². The van der Waals surface area contributed by atoms with Gasteiger partial charge in [-0.3, -0.25) is 43.3 Å². The summed E-state index contributed by atoms with van der Waals surface area (Å²) in [5.41, 5.74) is 22.0. The molecule has 8 amide bonds. The van der Waals surface area contributed by atoms with Crippen molar-refractivity contribution in [3.63, 3.8) is 0 Å². The minimum Gasteiger partial charge on any atom is -0.368 e. The van der Waals surface area contributed by atoms with E-state index >= 15 is 0 Å². The summed E-state index contributed by atoms with van der Waals surface area (Å²) in [6, 6.07) is 27.5. The first-order valence-electron chi connectivity index (χ1n) is 28.7. The number of fused-ring (bicyclic) bond motifs is 3. The van der Waals surface area contributed by atoms with Crippen molar-refractivity contribution in [3.05, 3.63) is 162 Å². The summed E-state index contributed by atoms with van der Waals surface area (Å²) >= 11 is 0. The van der Waals surface area contributed by atoms with E-state index in [2.05, 4.69) is 47.2 Å². The van der Waals surface area contributed by atoms with Gasteiger partial charge in [-0.15, -0.1) is 0 Å². The van der Waals surface area contributed by atoms with Crippen molar-refractivity contribution < 1.29 is 38.4 Å². The number of rotatable bonds is 20. The van der Waals surface area contributed by atoms with E-state index in [1.54, 1.807) is 30.7 Å². The number of carbonyl (C=O) groups excluding carboxylic acids is 8. The third-order valence-electron chi connectivity index (χ3n) is 14.9. The van der Waals surface area contributed by atoms with Gasteiger partial charge in [0.25, 0.3) is 0 Å². The Kier molecular flexibility index (Phi) is 22.9. The van der Waals surface area contributed by atoms with Crippen LogP contribution in [0.1, 0.15) is 67.7 Å². The zero-order valence-corrected chi connectivity index (χ0v) is 49.0. The monoisotopic (exact) mass is 1190 g/mol. The molecule has 5 aromatic carbocycles. The lowest BCUT2D eigenvalue weighted by molar-refractivity contribution is -0.135. The van der Waals surface area contributed by atoms with Crippen LogP contribution in [-0.2, 0) is 64.0 Å². The summed E-state index contributed by atoms with van der Waals surface area (Å²) in [5, 5.41) is 24.6. The van der Waals surface area contributed by atoms with Crippen molar-refractivity contribution in [1.82, 2.24) is 47.2 Å². The smallest absolute Gasteiger partial charge is 0.244 e. The van der Waals surface area contributed by atoms with Crippen LogP contribution < -0.4 is 54.4 Å². The van der Waals surface area contributed by atoms with Crippen molar-refractivity contribution in [2.45, 2.75) is 119 Å². The lowest BCUT2D eigenvalue weighted by atomic mass is 10.0. The maximum absolute atomic E-state index is 15.0. The number of hydrogen-bond donors (Lipinski definition) is 11. The Morgan fingerprint density at radius 1 is 0.624 bits per heavy atom. The van der Waals surface area contributed by atoms with E-state index in [-0.39, 0.29) is 50.0 Å². The molecule has 0 radical (unpaired) electrons. The molecular weight excluding hydrogens is 1120 g/mol. The Morgan fingerprint density at radius 2 is 1.20 bits per heavy atom. The highest BCUT2D eigenvalue weighted by Gasteiger charge is 2.36. The molecule has 3 heterocycles. The van der Waals surface area contributed by atoms with Gasteiger partial charge in [0.2, 0.25) is 47.3 Å². The molecular formula is C63H74N12O8S2. The van der Waals surface area contributed by atoms with Gasteiger partial charge >= 0.3 is 0 Å². The fourth-order valence-corrected chi connectivity index (χ4v) is 12.5. The van der Waals surface area contributed by atoms with E-state index in [9.17, 15) is 38.4 Å². The molecule has 1 aliphatic heterocycles. The van der Waals surface area contributed by atoms with Gasteiger partial charge in [-0.2, -0.15) is 0 Å². The number of carbonyl (C=O) groups is 8. The standard InChI is InChI=1S/C63H74N12O8S2/c1-2-3-19-49-59(79)75-55(62(82)71-51(56(66)76)31-39-23-25-42-15-5-7-17-44(42)29-39)37-85-84-36-54(74-57(77)47(65)30-38-22-24-41-14-4-6-16-43(41)28-38)63(83)72-52(32-40-13-12-27-67-34-40)60(80)73-53(33-45-35-68-48-20-9-8-18-46(45)48)61(81)70-50(58(78)69-49)21-10-11-26-64/h4-9,12-18,20,22-25,27-29,34-35,47,49-55,68H,2-3,10-11,19,21,26,30-33,36-37,64-65H2,1H3,(H2,66,76)(H,69,78)(H,70,81)(H,71,82)(H,72,83)(H,73,80)(H,74,77)(H,75,79)/t47-,49-,50-,51-,52-,53+,54+,55-/m0/s1. The predicted octanol–water partition coefficient (Wildman–Crippen LogP) is 4.06. The van der Waals surface area contributed by atoms with Crippen LogP contribution in [0.15, 0.2) is 140 Å². The zero-order chi connectivity index (χ0) is 60.2. The van der Waals surface area contributed by atoms with Crippen LogP contribution in [0.4, 0.5) is 0 Å². The van der Waals surface area contributed by atoms with Crippen molar-refractivity contribution in [3.8, 4) is 0 Å². The summed E-state index contributed by atoms with van der Waals surface area (Å²) in [5.74, 6) is -6.19. The Balaban J connectivity index is 1.14. The maximum atomic E-state index is 15.0. The SMILES string of the molecule is CCCC[C@@H]1NC(=O)[C@H](CCCCN)NC(=O)[C@@H](Cc2c[nH]c3ccccc23)NC(=O)[C@H](Cc2cccnc2)NC(=O)[C@H](NC(=O)[C@@H](N)Cc2ccc3ccccc3c2)CSSC[C@@H](C(=O)N[C@@H](Cc2ccc3ccccc3c2)C(N)=O)NC1=O. The van der Waals surface area contributed by atoms with Gasteiger partial charge in [-0.25, -0.2) is 0 Å². The summed E-state index contributed by atoms with van der Waals surface area (Å²) in [7, 11) is 2.18. The molecule has 20 nitrogen and oxygen atoms in total. The Morgan fingerprint density at radius 3 is 1.85 bits per heavy atom. The zero-order valence-electron chi connectivity index (χ0n) is 47.4. The second-order valence-corrected chi connectivity index (χ2v) is 23.9. The Hall–Kier alpha value is -8.31. The van der Waals surface area contributed by atoms with Gasteiger partial charge in [0.1, 0.15) is 42.3 Å². The van der Waals surface area contributed by atoms with Crippen molar-refractivity contribution >= 4 is 101 Å². The molecule has 0 aliphatic carbocycles. The molecule has 1 saturated heterocycles. The summed E-state index contributed by atoms with van der Waals surface area (Å²) in [6.45, 7) is 2.22. The summed E-state index contributed by atoms with van der Waals surface area (Å²) in [6.07, 6.45) is 7.13. The lowest BCUT2D eigenvalue weighted by Crippen LogP contribution is -2.61. The van der Waals surface area contributed by atoms with E-state index < -0.39 is 95.6 Å². The van der Waals surface area contributed by atoms with Gasteiger partial charge < -0.3 is 59.4 Å². The quantitative estimate of drug-likeness (QED) is 0.0380. The first-order valence-corrected chi connectivity index (χ1v) is 31.2. The fraction of sp³-hybridized carbons (Fsp3) is 0.349. The Labute approximate surface area is 501 Å². The number of nitrogens with zero attached hydrogens (tertiary/aromatic N) is 1. The van der Waals surface area contributed by atoms with Gasteiger partial charge in [-0.1, -0.05) is 151 Å².